The summed E-state index contributed by atoms with van der Waals surface area (Å²) < 4.78 is 32.3. The second-order valence-corrected chi connectivity index (χ2v) is 8.30. The van der Waals surface area contributed by atoms with Crippen molar-refractivity contribution in [2.75, 3.05) is 18.7 Å². The van der Waals surface area contributed by atoms with Crippen molar-refractivity contribution in [2.24, 2.45) is 0 Å². The van der Waals surface area contributed by atoms with Gasteiger partial charge in [-0.2, -0.15) is 4.72 Å². The van der Waals surface area contributed by atoms with Crippen molar-refractivity contribution in [1.82, 2.24) is 4.72 Å². The predicted molar refractivity (Wildman–Crippen MR) is 105 cm³/mol. The molecular weight excluding hydrogens is 396 g/mol. The van der Waals surface area contributed by atoms with Crippen molar-refractivity contribution in [3.8, 4) is 5.75 Å². The Bertz CT molecular complexity index is 903. The molecule has 0 aliphatic rings. The van der Waals surface area contributed by atoms with Gasteiger partial charge in [-0.1, -0.05) is 23.7 Å². The minimum Gasteiger partial charge on any atom is -0.495 e. The first-order chi connectivity index (χ1) is 12.3. The summed E-state index contributed by atoms with van der Waals surface area (Å²) in [6.45, 7) is 1.47. The molecule has 6 nitrogen and oxygen atoms in total. The molecule has 2 aromatic carbocycles. The lowest BCUT2D eigenvalue weighted by molar-refractivity contribution is -0.117. The Hall–Kier alpha value is -1.74. The van der Waals surface area contributed by atoms with E-state index >= 15 is 0 Å². The zero-order valence-corrected chi connectivity index (χ0v) is 16.8. The van der Waals surface area contributed by atoms with E-state index in [4.69, 9.17) is 16.3 Å². The van der Waals surface area contributed by atoms with E-state index in [1.165, 1.54) is 44.0 Å². The number of thioether (sulfide) groups is 1. The van der Waals surface area contributed by atoms with E-state index in [9.17, 15) is 13.2 Å². The largest absolute Gasteiger partial charge is 0.495 e. The molecule has 0 radical (unpaired) electrons. The molecule has 0 saturated heterocycles. The van der Waals surface area contributed by atoms with Crippen LogP contribution in [0.2, 0.25) is 5.02 Å². The van der Waals surface area contributed by atoms with Gasteiger partial charge in [-0.25, -0.2) is 8.42 Å². The van der Waals surface area contributed by atoms with Crippen molar-refractivity contribution in [3.63, 3.8) is 0 Å². The molecule has 2 aromatic rings. The van der Waals surface area contributed by atoms with Gasteiger partial charge in [0.2, 0.25) is 15.9 Å². The third-order valence-electron chi connectivity index (χ3n) is 3.52. The lowest BCUT2D eigenvalue weighted by Crippen LogP contribution is -2.41. The summed E-state index contributed by atoms with van der Waals surface area (Å²) in [5.41, 5.74) is 0.628. The number of halogens is 1. The topological polar surface area (TPSA) is 84.5 Å². The van der Waals surface area contributed by atoms with E-state index in [1.807, 2.05) is 18.4 Å². The number of carbonyl (C=O) groups excluding carboxylic acids is 1. The van der Waals surface area contributed by atoms with E-state index in [0.717, 1.165) is 4.90 Å². The lowest BCUT2D eigenvalue weighted by atomic mass is 10.3. The van der Waals surface area contributed by atoms with Crippen molar-refractivity contribution in [1.29, 1.82) is 0 Å². The van der Waals surface area contributed by atoms with Gasteiger partial charge in [0.05, 0.1) is 28.8 Å². The van der Waals surface area contributed by atoms with Crippen LogP contribution in [0.1, 0.15) is 6.92 Å². The smallest absolute Gasteiger partial charge is 0.242 e. The Labute approximate surface area is 162 Å². The number of carbonyl (C=O) groups is 1. The number of ether oxygens (including phenoxy) is 1. The summed E-state index contributed by atoms with van der Waals surface area (Å²) in [6.07, 6.45) is 1.89. The highest BCUT2D eigenvalue weighted by Crippen LogP contribution is 2.27. The number of hydrogen-bond acceptors (Lipinski definition) is 5. The lowest BCUT2D eigenvalue weighted by Gasteiger charge is -2.16. The van der Waals surface area contributed by atoms with Gasteiger partial charge in [0.1, 0.15) is 5.75 Å². The number of para-hydroxylation sites is 1. The number of benzene rings is 2. The molecule has 0 bridgehead atoms. The molecule has 1 atom stereocenters. The summed E-state index contributed by atoms with van der Waals surface area (Å²) >= 11 is 7.46. The number of nitrogens with one attached hydrogen (secondary N) is 2. The number of amides is 1. The number of sulfonamides is 1. The highest BCUT2D eigenvalue weighted by molar-refractivity contribution is 7.98. The molecule has 2 N–H and O–H groups in total. The van der Waals surface area contributed by atoms with E-state index in [0.29, 0.717) is 11.4 Å². The molecule has 2 rings (SSSR count). The summed E-state index contributed by atoms with van der Waals surface area (Å²) in [5, 5.41) is 2.90. The van der Waals surface area contributed by atoms with Crippen LogP contribution in [0.25, 0.3) is 0 Å². The second-order valence-electron chi connectivity index (χ2n) is 5.33. The molecular formula is C17H19ClN2O4S2. The minimum absolute atomic E-state index is 0.0486. The first-order valence-electron chi connectivity index (χ1n) is 7.58. The maximum absolute atomic E-state index is 12.5. The van der Waals surface area contributed by atoms with Crippen molar-refractivity contribution in [3.05, 3.63) is 47.5 Å². The van der Waals surface area contributed by atoms with E-state index < -0.39 is 22.0 Å². The fourth-order valence-corrected chi connectivity index (χ4v) is 4.26. The van der Waals surface area contributed by atoms with Crippen LogP contribution in [0.5, 0.6) is 5.75 Å². The summed E-state index contributed by atoms with van der Waals surface area (Å²) in [5.74, 6) is -0.0974. The van der Waals surface area contributed by atoms with E-state index in [2.05, 4.69) is 10.0 Å². The monoisotopic (exact) mass is 414 g/mol. The SMILES string of the molecule is COc1ccc(S(=O)(=O)N[C@H](C)C(=O)Nc2ccccc2SC)cc1Cl. The highest BCUT2D eigenvalue weighted by Gasteiger charge is 2.23. The van der Waals surface area contributed by atoms with Crippen molar-refractivity contribution < 1.29 is 17.9 Å². The molecule has 9 heteroatoms. The molecule has 0 saturated carbocycles. The Morgan fingerprint density at radius 1 is 1.23 bits per heavy atom. The Balaban J connectivity index is 2.13. The zero-order chi connectivity index (χ0) is 19.3. The minimum atomic E-state index is -3.92. The molecule has 0 spiro atoms. The molecule has 0 aliphatic carbocycles. The summed E-state index contributed by atoms with van der Waals surface area (Å²) in [7, 11) is -2.48. The molecule has 140 valence electrons. The Kier molecular flexibility index (Phi) is 6.94. The van der Waals surface area contributed by atoms with Crippen LogP contribution >= 0.6 is 23.4 Å². The molecule has 0 aromatic heterocycles. The van der Waals surface area contributed by atoms with E-state index in [1.54, 1.807) is 12.1 Å². The van der Waals surface area contributed by atoms with Gasteiger partial charge in [-0.15, -0.1) is 11.8 Å². The average molecular weight is 415 g/mol. The molecule has 0 heterocycles. The van der Waals surface area contributed by atoms with Crippen molar-refractivity contribution in [2.45, 2.75) is 22.8 Å². The fraction of sp³-hybridized carbons (Fsp3) is 0.235. The number of anilines is 1. The summed E-state index contributed by atoms with van der Waals surface area (Å²) in [4.78, 5) is 13.2. The standard InChI is InChI=1S/C17H19ClN2O4S2/c1-11(17(21)19-14-6-4-5-7-16(14)25-3)20-26(22,23)12-8-9-15(24-2)13(18)10-12/h4-11,20H,1-3H3,(H,19,21)/t11-/m1/s1. The maximum atomic E-state index is 12.5. The third kappa shape index (κ3) is 4.91. The van der Waals surface area contributed by atoms with Crippen LogP contribution in [0.4, 0.5) is 5.69 Å². The normalized spacial score (nSPS) is 12.5. The van der Waals surface area contributed by atoms with Gasteiger partial charge in [0.25, 0.3) is 0 Å². The molecule has 26 heavy (non-hydrogen) atoms. The maximum Gasteiger partial charge on any atom is 0.242 e. The number of hydrogen-bond donors (Lipinski definition) is 2. The predicted octanol–water partition coefficient (Wildman–Crippen LogP) is 3.38. The third-order valence-corrected chi connectivity index (χ3v) is 6.15. The number of rotatable bonds is 7. The number of methoxy groups -OCH3 is 1. The molecule has 0 unspecified atom stereocenters. The zero-order valence-electron chi connectivity index (χ0n) is 14.4. The fourth-order valence-electron chi connectivity index (χ4n) is 2.16. The van der Waals surface area contributed by atoms with Crippen LogP contribution in [-0.4, -0.2) is 33.7 Å². The second kappa shape index (κ2) is 8.77. The van der Waals surface area contributed by atoms with Gasteiger partial charge in [0.15, 0.2) is 0 Å². The first kappa shape index (κ1) is 20.6. The average Bonchev–Trinajstić information content (AvgIpc) is 2.61. The van der Waals surface area contributed by atoms with Gasteiger partial charge in [-0.05, 0) is 43.5 Å². The Morgan fingerprint density at radius 2 is 1.92 bits per heavy atom. The van der Waals surface area contributed by atoms with Crippen LogP contribution in [0.3, 0.4) is 0 Å². The van der Waals surface area contributed by atoms with Crippen LogP contribution in [-0.2, 0) is 14.8 Å². The van der Waals surface area contributed by atoms with Gasteiger partial charge in [0, 0.05) is 4.90 Å². The van der Waals surface area contributed by atoms with Crippen LogP contribution < -0.4 is 14.8 Å². The van der Waals surface area contributed by atoms with Crippen LogP contribution in [0, 0.1) is 0 Å². The molecule has 1 amide bonds. The first-order valence-corrected chi connectivity index (χ1v) is 10.7. The quantitative estimate of drug-likeness (QED) is 0.678. The van der Waals surface area contributed by atoms with E-state index in [-0.39, 0.29) is 9.92 Å². The van der Waals surface area contributed by atoms with Crippen LogP contribution in [0.15, 0.2) is 52.3 Å². The van der Waals surface area contributed by atoms with Gasteiger partial charge >= 0.3 is 0 Å². The summed E-state index contributed by atoms with van der Waals surface area (Å²) in [6, 6.07) is 10.4. The van der Waals surface area contributed by atoms with Gasteiger partial charge < -0.3 is 10.1 Å². The Morgan fingerprint density at radius 3 is 2.54 bits per heavy atom. The highest BCUT2D eigenvalue weighted by atomic mass is 35.5. The van der Waals surface area contributed by atoms with Crippen molar-refractivity contribution >= 4 is 45.0 Å². The molecule has 0 fully saturated rings. The van der Waals surface area contributed by atoms with Gasteiger partial charge in [-0.3, -0.25) is 4.79 Å². The molecule has 0 aliphatic heterocycles.